The molecule has 116 valence electrons. The number of para-hydroxylation sites is 1. The molecule has 3 nitrogen and oxygen atoms in total. The van der Waals surface area contributed by atoms with E-state index in [2.05, 4.69) is 0 Å². The summed E-state index contributed by atoms with van der Waals surface area (Å²) in [4.78, 5) is 1.46. The quantitative estimate of drug-likeness (QED) is 0.557. The maximum atomic E-state index is 13.8. The molecule has 3 rings (SSSR count). The van der Waals surface area contributed by atoms with Crippen LogP contribution in [0.4, 0.5) is 5.69 Å². The van der Waals surface area contributed by atoms with Gasteiger partial charge in [0.1, 0.15) is 0 Å². The van der Waals surface area contributed by atoms with E-state index in [4.69, 9.17) is 11.6 Å². The predicted molar refractivity (Wildman–Crippen MR) is 84.2 cm³/mol. The smallest absolute Gasteiger partial charge is 0.833 e. The first-order chi connectivity index (χ1) is 10.5. The third-order valence-corrected chi connectivity index (χ3v) is 4.81. The van der Waals surface area contributed by atoms with Crippen LogP contribution in [0, 0.1) is 5.92 Å². The average Bonchev–Trinajstić information content (AvgIpc) is 2.76. The van der Waals surface area contributed by atoms with Gasteiger partial charge >= 0.3 is 37.7 Å². The zero-order valence-electron chi connectivity index (χ0n) is 14.6. The van der Waals surface area contributed by atoms with Gasteiger partial charge in [-0.3, -0.25) is 0 Å². The molecule has 3 atom stereocenters. The molecule has 6 heteroatoms. The van der Waals surface area contributed by atoms with Gasteiger partial charge in [0, 0.05) is 10.7 Å². The molecule has 0 aliphatic carbocycles. The van der Waals surface area contributed by atoms with E-state index in [0.29, 0.717) is 28.3 Å². The first kappa shape index (κ1) is 21.7. The molecule has 1 aliphatic rings. The van der Waals surface area contributed by atoms with Crippen LogP contribution in [0.25, 0.3) is 0 Å². The van der Waals surface area contributed by atoms with Gasteiger partial charge in [0.05, 0.1) is 0 Å². The van der Waals surface area contributed by atoms with Gasteiger partial charge in [0.2, 0.25) is 0 Å². The molecule has 0 N–H and O–H groups in total. The summed E-state index contributed by atoms with van der Waals surface area (Å²) < 4.78 is 0. The van der Waals surface area contributed by atoms with Crippen molar-refractivity contribution in [1.82, 2.24) is 0 Å². The molecular weight excluding hydrogens is 312 g/mol. The molecule has 1 aliphatic heterocycles. The van der Waals surface area contributed by atoms with Crippen molar-refractivity contribution in [1.29, 1.82) is 0 Å². The molecule has 2 aromatic carbocycles. The van der Waals surface area contributed by atoms with Crippen LogP contribution in [0.1, 0.15) is 37.6 Å². The minimum Gasteiger partial charge on any atom is -0.833 e. The van der Waals surface area contributed by atoms with Gasteiger partial charge in [0.25, 0.3) is 0 Å². The van der Waals surface area contributed by atoms with Crippen LogP contribution in [-0.4, -0.2) is 0 Å². The molecule has 0 spiro atoms. The van der Waals surface area contributed by atoms with Crippen LogP contribution in [0.3, 0.4) is 0 Å². The Kier molecular flexibility index (Phi) is 7.55. The third kappa shape index (κ3) is 3.33. The van der Waals surface area contributed by atoms with Crippen molar-refractivity contribution in [2.75, 3.05) is 4.90 Å². The zero-order valence-corrected chi connectivity index (χ0v) is 15.4. The summed E-state index contributed by atoms with van der Waals surface area (Å²) in [5.41, 5.74) is 0.134. The van der Waals surface area contributed by atoms with Crippen LogP contribution in [0.5, 0.6) is 0 Å². The number of nitrogens with zero attached hydrogens (tertiary/aromatic N) is 1. The second-order valence-corrected chi connectivity index (χ2v) is 6.23. The van der Waals surface area contributed by atoms with Crippen molar-refractivity contribution in [2.45, 2.75) is 32.2 Å². The molecule has 0 bridgehead atoms. The van der Waals surface area contributed by atoms with E-state index in [1.165, 1.54) is 4.90 Å². The first-order valence-corrected chi connectivity index (χ1v) is 7.88. The summed E-state index contributed by atoms with van der Waals surface area (Å²) in [7, 11) is 0. The van der Waals surface area contributed by atoms with Gasteiger partial charge in [-0.15, -0.1) is 0 Å². The average molecular weight is 330 g/mol. The van der Waals surface area contributed by atoms with E-state index in [9.17, 15) is 10.2 Å². The Balaban J connectivity index is 0.00000144. The number of halogens is 1. The van der Waals surface area contributed by atoms with Crippen LogP contribution < -0.4 is 52.8 Å². The SMILES string of the molecule is CCC(C)C1([O-])c2ccc(Cl)cc2C([O-])N1c1ccccc1.[Li+].[Li+]. The van der Waals surface area contributed by atoms with E-state index in [1.54, 1.807) is 18.2 Å². The summed E-state index contributed by atoms with van der Waals surface area (Å²) in [5.74, 6) is -0.202. The molecule has 0 fully saturated rings. The Morgan fingerprint density at radius 3 is 2.38 bits per heavy atom. The van der Waals surface area contributed by atoms with Crippen LogP contribution in [0.2, 0.25) is 5.02 Å². The summed E-state index contributed by atoms with van der Waals surface area (Å²) >= 11 is 6.03. The van der Waals surface area contributed by atoms with Crippen molar-refractivity contribution >= 4 is 17.3 Å². The predicted octanol–water partition coefficient (Wildman–Crippen LogP) is -3.21. The van der Waals surface area contributed by atoms with Gasteiger partial charge in [-0.25, -0.2) is 0 Å². The Labute approximate surface area is 172 Å². The molecule has 24 heavy (non-hydrogen) atoms. The Hall–Kier alpha value is -0.355. The summed E-state index contributed by atoms with van der Waals surface area (Å²) in [6, 6.07) is 14.2. The summed E-state index contributed by atoms with van der Waals surface area (Å²) in [5, 5.41) is 27.2. The Morgan fingerprint density at radius 2 is 1.79 bits per heavy atom. The van der Waals surface area contributed by atoms with E-state index >= 15 is 0 Å². The van der Waals surface area contributed by atoms with Crippen molar-refractivity contribution < 1.29 is 47.9 Å². The van der Waals surface area contributed by atoms with Crippen molar-refractivity contribution in [3.05, 3.63) is 64.7 Å². The molecule has 3 unspecified atom stereocenters. The second kappa shape index (κ2) is 8.35. The maximum absolute atomic E-state index is 13.8. The van der Waals surface area contributed by atoms with Crippen LogP contribution in [0.15, 0.2) is 48.5 Å². The van der Waals surface area contributed by atoms with Gasteiger partial charge in [-0.05, 0) is 53.3 Å². The van der Waals surface area contributed by atoms with Crippen LogP contribution >= 0.6 is 11.6 Å². The molecule has 0 aromatic heterocycles. The Bertz CT molecular complexity index is 686. The normalized spacial score (nSPS) is 23.0. The molecule has 1 heterocycles. The summed E-state index contributed by atoms with van der Waals surface area (Å²) in [6.45, 7) is 3.88. The number of hydrogen-bond acceptors (Lipinski definition) is 3. The van der Waals surface area contributed by atoms with Crippen LogP contribution in [-0.2, 0) is 5.72 Å². The standard InChI is InChI=1S/C18H18ClNO2.2Li/c1-3-12(2)18(22)16-10-9-13(19)11-15(16)17(21)20(18)14-7-5-4-6-8-14;;/h4-12,17H,3H2,1-2H3;;/q-2;2*+1. The topological polar surface area (TPSA) is 49.4 Å². The Morgan fingerprint density at radius 1 is 1.17 bits per heavy atom. The molecular formula is C18H18ClLi2NO2. The second-order valence-electron chi connectivity index (χ2n) is 5.80. The number of benzene rings is 2. The van der Waals surface area contributed by atoms with E-state index in [-0.39, 0.29) is 43.6 Å². The third-order valence-electron chi connectivity index (χ3n) is 4.57. The van der Waals surface area contributed by atoms with E-state index in [0.717, 1.165) is 0 Å². The van der Waals surface area contributed by atoms with E-state index in [1.807, 2.05) is 44.2 Å². The van der Waals surface area contributed by atoms with Crippen molar-refractivity contribution in [2.24, 2.45) is 5.92 Å². The van der Waals surface area contributed by atoms with Crippen molar-refractivity contribution in [3.8, 4) is 0 Å². The minimum absolute atomic E-state index is 0. The zero-order chi connectivity index (χ0) is 15.9. The monoisotopic (exact) mass is 329 g/mol. The first-order valence-electron chi connectivity index (χ1n) is 7.50. The minimum atomic E-state index is -1.57. The number of fused-ring (bicyclic) bond motifs is 1. The number of rotatable bonds is 3. The molecule has 0 radical (unpaired) electrons. The van der Waals surface area contributed by atoms with Gasteiger partial charge in [-0.2, -0.15) is 0 Å². The number of anilines is 1. The molecule has 2 aromatic rings. The fourth-order valence-electron chi connectivity index (χ4n) is 3.20. The van der Waals surface area contributed by atoms with Gasteiger partial charge in [-0.1, -0.05) is 56.1 Å². The largest absolute Gasteiger partial charge is 1.00 e. The number of hydrogen-bond donors (Lipinski definition) is 0. The van der Waals surface area contributed by atoms with Crippen molar-refractivity contribution in [3.63, 3.8) is 0 Å². The maximum Gasteiger partial charge on any atom is 1.00 e. The molecule has 0 saturated heterocycles. The van der Waals surface area contributed by atoms with Gasteiger partial charge < -0.3 is 15.1 Å². The fourth-order valence-corrected chi connectivity index (χ4v) is 3.38. The molecule has 0 saturated carbocycles. The molecule has 0 amide bonds. The fraction of sp³-hybridized carbons (Fsp3) is 0.333. The summed E-state index contributed by atoms with van der Waals surface area (Å²) in [6.07, 6.45) is -0.538. The van der Waals surface area contributed by atoms with Gasteiger partial charge in [0.15, 0.2) is 0 Å². The van der Waals surface area contributed by atoms with E-state index < -0.39 is 12.0 Å².